The number of halogens is 3. The Bertz CT molecular complexity index is 237. The van der Waals surface area contributed by atoms with Crippen LogP contribution in [0, 0.1) is 6.92 Å². The smallest absolute Gasteiger partial charge is 0.137 e. The Morgan fingerprint density at radius 1 is 1.20 bits per heavy atom. The molecular weight excluding hydrogens is 239 g/mol. The molecule has 0 N–H and O–H groups in total. The predicted octanol–water partition coefficient (Wildman–Crippen LogP) is 2.85. The monoisotopic (exact) mass is 240 g/mol. The van der Waals surface area contributed by atoms with E-state index in [0.717, 1.165) is 5.56 Å². The second-order valence-corrected chi connectivity index (χ2v) is 3.23. The molecular formula is C5H3BrCl2N2. The highest BCUT2D eigenvalue weighted by Crippen LogP contribution is 2.26. The van der Waals surface area contributed by atoms with Gasteiger partial charge in [0.15, 0.2) is 10.3 Å². The fourth-order valence-electron chi connectivity index (χ4n) is 0.452. The summed E-state index contributed by atoms with van der Waals surface area (Å²) in [5.74, 6) is 0. The van der Waals surface area contributed by atoms with Gasteiger partial charge in [-0.05, 0) is 22.9 Å². The van der Waals surface area contributed by atoms with E-state index in [1.54, 1.807) is 0 Å². The molecule has 0 amide bonds. The zero-order valence-electron chi connectivity index (χ0n) is 5.03. The van der Waals surface area contributed by atoms with Crippen LogP contribution in [0.15, 0.2) is 4.47 Å². The maximum atomic E-state index is 5.62. The van der Waals surface area contributed by atoms with Crippen LogP contribution in [-0.4, -0.2) is 10.2 Å². The Kier molecular flexibility index (Phi) is 2.50. The lowest BCUT2D eigenvalue weighted by Gasteiger charge is -1.98. The summed E-state index contributed by atoms with van der Waals surface area (Å²) in [5, 5.41) is 7.87. The molecule has 0 radical (unpaired) electrons. The molecule has 0 unspecified atom stereocenters. The first-order valence-electron chi connectivity index (χ1n) is 2.46. The maximum absolute atomic E-state index is 5.62. The molecule has 5 heteroatoms. The van der Waals surface area contributed by atoms with Gasteiger partial charge in [-0.2, -0.15) is 0 Å². The van der Waals surface area contributed by atoms with E-state index in [-0.39, 0.29) is 0 Å². The Morgan fingerprint density at radius 2 is 1.70 bits per heavy atom. The molecule has 1 aromatic rings. The molecule has 1 aromatic heterocycles. The highest BCUT2D eigenvalue weighted by molar-refractivity contribution is 9.10. The van der Waals surface area contributed by atoms with Gasteiger partial charge < -0.3 is 0 Å². The van der Waals surface area contributed by atoms with Crippen LogP contribution < -0.4 is 0 Å². The molecule has 0 aromatic carbocycles. The molecule has 0 saturated carbocycles. The minimum atomic E-state index is 0.335. The lowest BCUT2D eigenvalue weighted by molar-refractivity contribution is 1.01. The Labute approximate surface area is 76.7 Å². The average molecular weight is 242 g/mol. The van der Waals surface area contributed by atoms with Crippen LogP contribution in [0.25, 0.3) is 0 Å². The third kappa shape index (κ3) is 1.41. The lowest BCUT2D eigenvalue weighted by Crippen LogP contribution is -1.88. The maximum Gasteiger partial charge on any atom is 0.166 e. The van der Waals surface area contributed by atoms with E-state index in [9.17, 15) is 0 Å². The van der Waals surface area contributed by atoms with Crippen molar-refractivity contribution < 1.29 is 0 Å². The van der Waals surface area contributed by atoms with Crippen molar-refractivity contribution in [3.8, 4) is 0 Å². The largest absolute Gasteiger partial charge is 0.166 e. The fourth-order valence-corrected chi connectivity index (χ4v) is 1.15. The van der Waals surface area contributed by atoms with Gasteiger partial charge >= 0.3 is 0 Å². The van der Waals surface area contributed by atoms with E-state index in [0.29, 0.717) is 14.8 Å². The van der Waals surface area contributed by atoms with Crippen LogP contribution in [-0.2, 0) is 0 Å². The SMILES string of the molecule is Cc1c(Cl)nnc(Cl)c1Br. The van der Waals surface area contributed by atoms with Gasteiger partial charge in [0.25, 0.3) is 0 Å². The van der Waals surface area contributed by atoms with Gasteiger partial charge in [-0.1, -0.05) is 23.2 Å². The van der Waals surface area contributed by atoms with Gasteiger partial charge in [0, 0.05) is 5.56 Å². The zero-order valence-corrected chi connectivity index (χ0v) is 8.13. The van der Waals surface area contributed by atoms with Crippen LogP contribution in [0.1, 0.15) is 5.56 Å². The van der Waals surface area contributed by atoms with Gasteiger partial charge in [-0.25, -0.2) is 0 Å². The van der Waals surface area contributed by atoms with Crippen molar-refractivity contribution in [2.24, 2.45) is 0 Å². The molecule has 0 aliphatic carbocycles. The standard InChI is InChI=1S/C5H3BrCl2N2/c1-2-3(6)5(8)10-9-4(2)7/h1H3. The second-order valence-electron chi connectivity index (χ2n) is 1.72. The Hall–Kier alpha value is 0.140. The van der Waals surface area contributed by atoms with Crippen LogP contribution in [0.5, 0.6) is 0 Å². The molecule has 0 atom stereocenters. The van der Waals surface area contributed by atoms with Crippen molar-refractivity contribution >= 4 is 39.1 Å². The van der Waals surface area contributed by atoms with Gasteiger partial charge in [-0.15, -0.1) is 10.2 Å². The lowest BCUT2D eigenvalue weighted by atomic mass is 10.4. The van der Waals surface area contributed by atoms with Crippen LogP contribution in [0.4, 0.5) is 0 Å². The molecule has 0 saturated heterocycles. The topological polar surface area (TPSA) is 25.8 Å². The summed E-state index contributed by atoms with van der Waals surface area (Å²) in [6.07, 6.45) is 0. The second kappa shape index (κ2) is 3.03. The highest BCUT2D eigenvalue weighted by atomic mass is 79.9. The molecule has 0 aliphatic heterocycles. The van der Waals surface area contributed by atoms with E-state index < -0.39 is 0 Å². The fraction of sp³-hybridized carbons (Fsp3) is 0.200. The normalized spacial score (nSPS) is 10.0. The van der Waals surface area contributed by atoms with E-state index in [4.69, 9.17) is 23.2 Å². The quantitative estimate of drug-likeness (QED) is 0.698. The predicted molar refractivity (Wildman–Crippen MR) is 44.5 cm³/mol. The summed E-state index contributed by atoms with van der Waals surface area (Å²) >= 11 is 14.4. The molecule has 0 aliphatic rings. The summed E-state index contributed by atoms with van der Waals surface area (Å²) in [6, 6.07) is 0. The minimum absolute atomic E-state index is 0.335. The van der Waals surface area contributed by atoms with E-state index in [1.165, 1.54) is 0 Å². The number of hydrogen-bond donors (Lipinski definition) is 0. The van der Waals surface area contributed by atoms with Crippen LogP contribution >= 0.6 is 39.1 Å². The Balaban J connectivity index is 3.34. The Morgan fingerprint density at radius 3 is 2.20 bits per heavy atom. The molecule has 2 nitrogen and oxygen atoms in total. The van der Waals surface area contributed by atoms with Gasteiger partial charge in [0.05, 0.1) is 4.47 Å². The van der Waals surface area contributed by atoms with Crippen molar-refractivity contribution in [2.45, 2.75) is 6.92 Å². The van der Waals surface area contributed by atoms with Gasteiger partial charge in [0.2, 0.25) is 0 Å². The van der Waals surface area contributed by atoms with Crippen LogP contribution in [0.3, 0.4) is 0 Å². The van der Waals surface area contributed by atoms with Gasteiger partial charge in [-0.3, -0.25) is 0 Å². The summed E-state index contributed by atoms with van der Waals surface area (Å²) in [4.78, 5) is 0. The van der Waals surface area contributed by atoms with Gasteiger partial charge in [0.1, 0.15) is 0 Å². The zero-order chi connectivity index (χ0) is 7.72. The first-order valence-corrected chi connectivity index (χ1v) is 4.01. The van der Waals surface area contributed by atoms with E-state index >= 15 is 0 Å². The van der Waals surface area contributed by atoms with Crippen molar-refractivity contribution in [3.63, 3.8) is 0 Å². The highest BCUT2D eigenvalue weighted by Gasteiger charge is 2.05. The number of nitrogens with zero attached hydrogens (tertiary/aromatic N) is 2. The summed E-state index contributed by atoms with van der Waals surface area (Å²) in [6.45, 7) is 1.81. The molecule has 0 bridgehead atoms. The van der Waals surface area contributed by atoms with Crippen molar-refractivity contribution in [3.05, 3.63) is 20.3 Å². The summed E-state index contributed by atoms with van der Waals surface area (Å²) in [7, 11) is 0. The average Bonchev–Trinajstić information content (AvgIpc) is 1.93. The van der Waals surface area contributed by atoms with Crippen molar-refractivity contribution in [1.82, 2.24) is 10.2 Å². The van der Waals surface area contributed by atoms with Crippen molar-refractivity contribution in [1.29, 1.82) is 0 Å². The molecule has 1 heterocycles. The van der Waals surface area contributed by atoms with Crippen LogP contribution in [0.2, 0.25) is 10.3 Å². The summed E-state index contributed by atoms with van der Waals surface area (Å²) < 4.78 is 0.703. The first kappa shape index (κ1) is 8.24. The molecule has 1 rings (SSSR count). The third-order valence-electron chi connectivity index (χ3n) is 1.05. The first-order chi connectivity index (χ1) is 4.63. The number of rotatable bonds is 0. The van der Waals surface area contributed by atoms with E-state index in [1.807, 2.05) is 6.92 Å². The summed E-state index contributed by atoms with van der Waals surface area (Å²) in [5.41, 5.74) is 0.807. The molecule has 10 heavy (non-hydrogen) atoms. The minimum Gasteiger partial charge on any atom is -0.137 e. The number of aromatic nitrogens is 2. The number of hydrogen-bond acceptors (Lipinski definition) is 2. The molecule has 0 fully saturated rings. The molecule has 54 valence electrons. The van der Waals surface area contributed by atoms with Crippen molar-refractivity contribution in [2.75, 3.05) is 0 Å². The third-order valence-corrected chi connectivity index (χ3v) is 2.87. The molecule has 0 spiro atoms. The van der Waals surface area contributed by atoms with E-state index in [2.05, 4.69) is 26.1 Å².